The van der Waals surface area contributed by atoms with Crippen LogP contribution in [0.25, 0.3) is 22.2 Å². The highest BCUT2D eigenvalue weighted by Crippen LogP contribution is 2.26. The van der Waals surface area contributed by atoms with Gasteiger partial charge in [0, 0.05) is 49.7 Å². The van der Waals surface area contributed by atoms with Crippen LogP contribution in [0, 0.1) is 6.92 Å². The third kappa shape index (κ3) is 6.11. The Bertz CT molecular complexity index is 1360. The molecule has 1 N–H and O–H groups in total. The van der Waals surface area contributed by atoms with Crippen LogP contribution in [0.5, 0.6) is 0 Å². The topological polar surface area (TPSA) is 93.9 Å². The van der Waals surface area contributed by atoms with Gasteiger partial charge in [-0.15, -0.1) is 5.10 Å². The van der Waals surface area contributed by atoms with Gasteiger partial charge in [-0.25, -0.2) is 4.98 Å². The maximum Gasteiger partial charge on any atom is 0.154 e. The van der Waals surface area contributed by atoms with Crippen molar-refractivity contribution in [2.75, 3.05) is 25.0 Å². The number of rotatable bonds is 8. The summed E-state index contributed by atoms with van der Waals surface area (Å²) in [5, 5.41) is 16.4. The van der Waals surface area contributed by atoms with Crippen LogP contribution in [0.4, 0.5) is 11.6 Å². The van der Waals surface area contributed by atoms with E-state index in [-0.39, 0.29) is 0 Å². The molecule has 4 aromatic rings. The molecule has 0 radical (unpaired) electrons. The summed E-state index contributed by atoms with van der Waals surface area (Å²) in [5.41, 5.74) is 5.87. The average molecular weight is 501 g/mol. The largest absolute Gasteiger partial charge is 0.373 e. The maximum absolute atomic E-state index is 5.85. The van der Waals surface area contributed by atoms with Crippen LogP contribution >= 0.6 is 0 Å². The molecule has 1 aliphatic rings. The lowest BCUT2D eigenvalue weighted by atomic mass is 10.1. The van der Waals surface area contributed by atoms with Crippen molar-refractivity contribution in [1.29, 1.82) is 0 Å². The van der Waals surface area contributed by atoms with Crippen LogP contribution in [0.15, 0.2) is 42.9 Å². The quantitative estimate of drug-likeness (QED) is 0.363. The number of morpholine rings is 1. The number of hydrogen-bond donors (Lipinski definition) is 1. The summed E-state index contributed by atoms with van der Waals surface area (Å²) in [4.78, 5) is 11.9. The molecule has 5 rings (SSSR count). The molecule has 1 aliphatic heterocycles. The average Bonchev–Trinajstić information content (AvgIpc) is 3.23. The van der Waals surface area contributed by atoms with Crippen molar-refractivity contribution in [3.8, 4) is 11.1 Å². The molecule has 5 heterocycles. The molecule has 0 unspecified atom stereocenters. The van der Waals surface area contributed by atoms with Crippen LogP contribution < -0.4 is 5.32 Å². The van der Waals surface area contributed by atoms with E-state index in [2.05, 4.69) is 65.4 Å². The van der Waals surface area contributed by atoms with E-state index >= 15 is 0 Å². The molecule has 0 spiro atoms. The maximum atomic E-state index is 5.85. The van der Waals surface area contributed by atoms with Gasteiger partial charge in [-0.3, -0.25) is 14.6 Å². The third-order valence-corrected chi connectivity index (χ3v) is 6.75. The fourth-order valence-corrected chi connectivity index (χ4v) is 4.95. The van der Waals surface area contributed by atoms with Crippen molar-refractivity contribution in [3.63, 3.8) is 0 Å². The normalized spacial score (nSPS) is 18.5. The SMILES string of the molecule is Cc1nn(CCCN2C[C@@H](C)O[C@@H](C)C2)cc1-c1cnc2ccc(Nc3cc(C(C)C)cnn3)nc2c1. The van der Waals surface area contributed by atoms with Crippen LogP contribution in [0.1, 0.15) is 51.3 Å². The van der Waals surface area contributed by atoms with Crippen molar-refractivity contribution in [2.45, 2.75) is 65.7 Å². The number of anilines is 2. The van der Waals surface area contributed by atoms with Crippen molar-refractivity contribution >= 4 is 22.7 Å². The van der Waals surface area contributed by atoms with Gasteiger partial charge in [0.2, 0.25) is 0 Å². The summed E-state index contributed by atoms with van der Waals surface area (Å²) in [5.74, 6) is 1.77. The number of pyridine rings is 2. The van der Waals surface area contributed by atoms with E-state index in [4.69, 9.17) is 14.8 Å². The fourth-order valence-electron chi connectivity index (χ4n) is 4.95. The minimum atomic E-state index is 0.296. The predicted molar refractivity (Wildman–Crippen MR) is 146 cm³/mol. The molecule has 4 aromatic heterocycles. The Morgan fingerprint density at radius 3 is 2.62 bits per heavy atom. The van der Waals surface area contributed by atoms with Crippen molar-refractivity contribution in [1.82, 2.24) is 34.8 Å². The van der Waals surface area contributed by atoms with Crippen LogP contribution in [-0.4, -0.2) is 66.7 Å². The zero-order chi connectivity index (χ0) is 25.9. The summed E-state index contributed by atoms with van der Waals surface area (Å²) in [6, 6.07) is 7.97. The van der Waals surface area contributed by atoms with Crippen molar-refractivity contribution in [2.24, 2.45) is 0 Å². The molecule has 1 saturated heterocycles. The van der Waals surface area contributed by atoms with Gasteiger partial charge in [0.15, 0.2) is 5.82 Å². The summed E-state index contributed by atoms with van der Waals surface area (Å²) >= 11 is 0. The van der Waals surface area contributed by atoms with Crippen molar-refractivity contribution < 1.29 is 4.74 Å². The lowest BCUT2D eigenvalue weighted by Crippen LogP contribution is -2.45. The highest BCUT2D eigenvalue weighted by atomic mass is 16.5. The summed E-state index contributed by atoms with van der Waals surface area (Å²) < 4.78 is 7.90. The predicted octanol–water partition coefficient (Wildman–Crippen LogP) is 4.96. The van der Waals surface area contributed by atoms with E-state index in [9.17, 15) is 0 Å². The minimum absolute atomic E-state index is 0.296. The summed E-state index contributed by atoms with van der Waals surface area (Å²) in [6.07, 6.45) is 7.46. The van der Waals surface area contributed by atoms with Gasteiger partial charge < -0.3 is 10.1 Å². The van der Waals surface area contributed by atoms with Gasteiger partial charge in [0.25, 0.3) is 0 Å². The molecule has 9 nitrogen and oxygen atoms in total. The highest BCUT2D eigenvalue weighted by molar-refractivity contribution is 5.82. The zero-order valence-electron chi connectivity index (χ0n) is 22.3. The Kier molecular flexibility index (Phi) is 7.43. The molecular weight excluding hydrogens is 464 g/mol. The minimum Gasteiger partial charge on any atom is -0.373 e. The Hall–Kier alpha value is -3.43. The summed E-state index contributed by atoms with van der Waals surface area (Å²) in [7, 11) is 0. The number of hydrogen-bond acceptors (Lipinski definition) is 8. The summed E-state index contributed by atoms with van der Waals surface area (Å²) in [6.45, 7) is 14.5. The Morgan fingerprint density at radius 2 is 1.84 bits per heavy atom. The first-order chi connectivity index (χ1) is 17.8. The molecule has 9 heteroatoms. The fraction of sp³-hybridized carbons (Fsp3) is 0.464. The van der Waals surface area contributed by atoms with E-state index in [0.29, 0.717) is 29.8 Å². The molecule has 37 heavy (non-hydrogen) atoms. The number of nitrogens with one attached hydrogen (secondary N) is 1. The second kappa shape index (κ2) is 10.9. The zero-order valence-corrected chi connectivity index (χ0v) is 22.3. The Labute approximate surface area is 218 Å². The Morgan fingerprint density at radius 1 is 1.03 bits per heavy atom. The number of aromatic nitrogens is 6. The lowest BCUT2D eigenvalue weighted by Gasteiger charge is -2.35. The smallest absolute Gasteiger partial charge is 0.154 e. The number of fused-ring (bicyclic) bond motifs is 1. The molecule has 1 fully saturated rings. The van der Waals surface area contributed by atoms with Gasteiger partial charge in [0.05, 0.1) is 35.1 Å². The molecule has 0 amide bonds. The number of ether oxygens (including phenoxy) is 1. The van der Waals surface area contributed by atoms with E-state index in [0.717, 1.165) is 66.0 Å². The standard InChI is InChI=1S/C28H36N8O/c1-18(2)22-12-28(33-30-14-22)32-27-8-7-25-26(31-27)11-23(13-29-25)24-17-36(34-21(24)5)10-6-9-35-15-19(3)37-20(4)16-35/h7-8,11-14,17-20H,6,9-10,15-16H2,1-5H3,(H,31,32,33)/t19-,20+. The molecular formula is C28H36N8O. The van der Waals surface area contributed by atoms with Gasteiger partial charge in [-0.1, -0.05) is 13.8 Å². The van der Waals surface area contributed by atoms with E-state index < -0.39 is 0 Å². The molecule has 0 bridgehead atoms. The second-order valence-electron chi connectivity index (χ2n) is 10.4. The van der Waals surface area contributed by atoms with E-state index in [1.54, 1.807) is 6.20 Å². The second-order valence-corrected chi connectivity index (χ2v) is 10.4. The third-order valence-electron chi connectivity index (χ3n) is 6.75. The van der Waals surface area contributed by atoms with Gasteiger partial charge in [-0.2, -0.15) is 10.2 Å². The first-order valence-electron chi connectivity index (χ1n) is 13.1. The molecule has 0 aliphatic carbocycles. The van der Waals surface area contributed by atoms with Gasteiger partial charge >= 0.3 is 0 Å². The van der Waals surface area contributed by atoms with Crippen LogP contribution in [-0.2, 0) is 11.3 Å². The van der Waals surface area contributed by atoms with Crippen LogP contribution in [0.2, 0.25) is 0 Å². The first kappa shape index (κ1) is 25.2. The molecule has 0 aromatic carbocycles. The first-order valence-corrected chi connectivity index (χ1v) is 13.1. The molecule has 2 atom stereocenters. The van der Waals surface area contributed by atoms with E-state index in [1.807, 2.05) is 36.0 Å². The monoisotopic (exact) mass is 500 g/mol. The van der Waals surface area contributed by atoms with Gasteiger partial charge in [-0.05, 0) is 62.9 Å². The van der Waals surface area contributed by atoms with Crippen LogP contribution in [0.3, 0.4) is 0 Å². The van der Waals surface area contributed by atoms with Gasteiger partial charge in [0.1, 0.15) is 5.82 Å². The van der Waals surface area contributed by atoms with Crippen molar-refractivity contribution in [3.05, 3.63) is 54.1 Å². The number of nitrogens with zero attached hydrogens (tertiary/aromatic N) is 7. The highest BCUT2D eigenvalue weighted by Gasteiger charge is 2.21. The lowest BCUT2D eigenvalue weighted by molar-refractivity contribution is -0.0683. The van der Waals surface area contributed by atoms with E-state index in [1.165, 1.54) is 0 Å². The molecule has 0 saturated carbocycles. The molecule has 194 valence electrons. The number of aryl methyl sites for hydroxylation is 2. The Balaban J connectivity index is 1.28.